The summed E-state index contributed by atoms with van der Waals surface area (Å²) in [6, 6.07) is 0. The van der Waals surface area contributed by atoms with Crippen LogP contribution in [0.2, 0.25) is 0 Å². The number of allylic oxidation sites excluding steroid dienone is 12. The highest BCUT2D eigenvalue weighted by atomic mass is 16.6. The van der Waals surface area contributed by atoms with Gasteiger partial charge in [0.05, 0.1) is 0 Å². The molecule has 0 saturated carbocycles. The van der Waals surface area contributed by atoms with Gasteiger partial charge in [0.15, 0.2) is 6.10 Å². The summed E-state index contributed by atoms with van der Waals surface area (Å²) in [5.74, 6) is -0.883. The molecule has 0 aliphatic carbocycles. The summed E-state index contributed by atoms with van der Waals surface area (Å²) in [7, 11) is 0. The lowest BCUT2D eigenvalue weighted by Crippen LogP contribution is -2.30. The van der Waals surface area contributed by atoms with Crippen LogP contribution in [-0.4, -0.2) is 37.2 Å². The molecule has 1 atom stereocenters. The molecule has 0 fully saturated rings. The normalized spacial score (nSPS) is 12.5. The van der Waals surface area contributed by atoms with Gasteiger partial charge in [0, 0.05) is 19.3 Å². The fraction of sp³-hybridized carbons (Fsp3) is 0.783. The van der Waals surface area contributed by atoms with Crippen LogP contribution in [-0.2, 0) is 28.6 Å². The van der Waals surface area contributed by atoms with Crippen LogP contribution in [0.15, 0.2) is 72.9 Å². The minimum atomic E-state index is -0.782. The van der Waals surface area contributed by atoms with Crippen molar-refractivity contribution in [3.8, 4) is 0 Å². The van der Waals surface area contributed by atoms with Gasteiger partial charge in [-0.05, 0) is 89.9 Å². The first-order chi connectivity index (χ1) is 37.0. The zero-order valence-electron chi connectivity index (χ0n) is 49.8. The molecule has 0 heterocycles. The molecule has 6 heteroatoms. The zero-order valence-corrected chi connectivity index (χ0v) is 49.8. The predicted molar refractivity (Wildman–Crippen MR) is 325 cm³/mol. The van der Waals surface area contributed by atoms with E-state index >= 15 is 0 Å². The summed E-state index contributed by atoms with van der Waals surface area (Å²) in [6.45, 7) is 6.53. The van der Waals surface area contributed by atoms with E-state index in [0.717, 1.165) is 109 Å². The van der Waals surface area contributed by atoms with E-state index in [1.165, 1.54) is 180 Å². The maximum atomic E-state index is 12.9. The zero-order chi connectivity index (χ0) is 54.3. The van der Waals surface area contributed by atoms with Crippen LogP contribution in [0.4, 0.5) is 0 Å². The van der Waals surface area contributed by atoms with Crippen molar-refractivity contribution < 1.29 is 28.6 Å². The molecular formula is C69H122O6. The summed E-state index contributed by atoms with van der Waals surface area (Å²) >= 11 is 0. The second-order valence-corrected chi connectivity index (χ2v) is 21.6. The van der Waals surface area contributed by atoms with Gasteiger partial charge in [0.25, 0.3) is 0 Å². The van der Waals surface area contributed by atoms with Crippen LogP contribution in [0, 0.1) is 0 Å². The van der Waals surface area contributed by atoms with Gasteiger partial charge in [0.1, 0.15) is 13.2 Å². The van der Waals surface area contributed by atoms with Crippen LogP contribution in [0.25, 0.3) is 0 Å². The van der Waals surface area contributed by atoms with E-state index in [1.54, 1.807) is 0 Å². The number of ether oxygens (including phenoxy) is 3. The molecule has 0 aliphatic rings. The topological polar surface area (TPSA) is 78.9 Å². The van der Waals surface area contributed by atoms with E-state index in [4.69, 9.17) is 14.2 Å². The number of rotatable bonds is 59. The van der Waals surface area contributed by atoms with E-state index in [9.17, 15) is 14.4 Å². The molecule has 0 bridgehead atoms. The molecule has 0 N–H and O–H groups in total. The molecule has 434 valence electrons. The Kier molecular flexibility index (Phi) is 60.7. The third kappa shape index (κ3) is 61.6. The summed E-state index contributed by atoms with van der Waals surface area (Å²) < 4.78 is 16.9. The lowest BCUT2D eigenvalue weighted by atomic mass is 10.0. The highest BCUT2D eigenvalue weighted by molar-refractivity contribution is 5.71. The molecule has 0 saturated heterocycles. The largest absolute Gasteiger partial charge is 0.462 e. The van der Waals surface area contributed by atoms with Gasteiger partial charge in [-0.1, -0.05) is 293 Å². The predicted octanol–water partition coefficient (Wildman–Crippen LogP) is 22.1. The lowest BCUT2D eigenvalue weighted by molar-refractivity contribution is -0.167. The Labute approximate surface area is 465 Å². The van der Waals surface area contributed by atoms with Crippen molar-refractivity contribution in [3.63, 3.8) is 0 Å². The molecule has 0 amide bonds. The number of hydrogen-bond acceptors (Lipinski definition) is 6. The van der Waals surface area contributed by atoms with Gasteiger partial charge in [0.2, 0.25) is 0 Å². The van der Waals surface area contributed by atoms with Crippen molar-refractivity contribution in [2.45, 2.75) is 335 Å². The fourth-order valence-electron chi connectivity index (χ4n) is 9.35. The van der Waals surface area contributed by atoms with E-state index < -0.39 is 6.10 Å². The van der Waals surface area contributed by atoms with Crippen LogP contribution in [0.5, 0.6) is 0 Å². The molecule has 0 aromatic rings. The second-order valence-electron chi connectivity index (χ2n) is 21.6. The van der Waals surface area contributed by atoms with Crippen molar-refractivity contribution in [3.05, 3.63) is 72.9 Å². The highest BCUT2D eigenvalue weighted by Crippen LogP contribution is 2.17. The quantitative estimate of drug-likeness (QED) is 0.0261. The van der Waals surface area contributed by atoms with Gasteiger partial charge in [-0.25, -0.2) is 0 Å². The highest BCUT2D eigenvalue weighted by Gasteiger charge is 2.19. The molecule has 0 aromatic heterocycles. The van der Waals surface area contributed by atoms with Gasteiger partial charge in [-0.2, -0.15) is 0 Å². The summed E-state index contributed by atoms with van der Waals surface area (Å²) in [5, 5.41) is 0. The first-order valence-electron chi connectivity index (χ1n) is 32.4. The summed E-state index contributed by atoms with van der Waals surface area (Å²) in [5.41, 5.74) is 0. The Morgan fingerprint density at radius 3 is 0.813 bits per heavy atom. The van der Waals surface area contributed by atoms with E-state index in [-0.39, 0.29) is 31.1 Å². The molecular weight excluding hydrogens is 925 g/mol. The molecule has 75 heavy (non-hydrogen) atoms. The number of esters is 3. The molecule has 0 radical (unpaired) electrons. The minimum Gasteiger partial charge on any atom is -0.462 e. The Hall–Kier alpha value is -3.15. The van der Waals surface area contributed by atoms with E-state index in [0.29, 0.717) is 19.3 Å². The van der Waals surface area contributed by atoms with Crippen LogP contribution >= 0.6 is 0 Å². The van der Waals surface area contributed by atoms with Crippen LogP contribution < -0.4 is 0 Å². The average Bonchev–Trinajstić information content (AvgIpc) is 3.41. The fourth-order valence-corrected chi connectivity index (χ4v) is 9.35. The maximum absolute atomic E-state index is 12.9. The van der Waals surface area contributed by atoms with Gasteiger partial charge >= 0.3 is 17.9 Å². The lowest BCUT2D eigenvalue weighted by Gasteiger charge is -2.18. The van der Waals surface area contributed by atoms with E-state index in [1.807, 2.05) is 0 Å². The monoisotopic (exact) mass is 1050 g/mol. The maximum Gasteiger partial charge on any atom is 0.306 e. The molecule has 0 aromatic carbocycles. The smallest absolute Gasteiger partial charge is 0.306 e. The third-order valence-corrected chi connectivity index (χ3v) is 14.2. The SMILES string of the molecule is CC/C=C\C/C=C\C/C=C\CCCCCCCC(=O)OC(COC(=O)CCCCCCCCCCCCC)COC(=O)CCCCCCCCCCCCCCCCCC/C=C\C/C=C\C/C=C\CCCCCCC. The van der Waals surface area contributed by atoms with Crippen molar-refractivity contribution in [1.82, 2.24) is 0 Å². The Morgan fingerprint density at radius 2 is 0.520 bits per heavy atom. The first-order valence-corrected chi connectivity index (χ1v) is 32.4. The Bertz CT molecular complexity index is 1390. The van der Waals surface area contributed by atoms with Gasteiger partial charge < -0.3 is 14.2 Å². The Balaban J connectivity index is 4.14. The molecule has 6 nitrogen and oxygen atoms in total. The standard InChI is InChI=1S/C69H122O6/c1-4-7-10-13-16-19-22-24-26-27-28-29-30-31-32-33-34-35-36-37-38-39-40-41-43-44-47-50-53-56-59-62-68(71)74-65-66(64-73-67(70)61-58-55-52-49-46-21-18-15-12-9-6-3)75-69(72)63-60-57-54-51-48-45-42-25-23-20-17-14-11-8-5-2/h8,11,17,20,22,24-25,27-28,30-31,42,66H,4-7,9-10,12-16,18-19,21,23,26,29,32-41,43-65H2,1-3H3/b11-8-,20-17-,24-22-,28-27-,31-30-,42-25-. The van der Waals surface area contributed by atoms with Crippen LogP contribution in [0.3, 0.4) is 0 Å². The van der Waals surface area contributed by atoms with Gasteiger partial charge in [-0.3, -0.25) is 14.4 Å². The van der Waals surface area contributed by atoms with Crippen molar-refractivity contribution in [2.24, 2.45) is 0 Å². The number of carbonyl (C=O) groups is 3. The van der Waals surface area contributed by atoms with Crippen molar-refractivity contribution >= 4 is 17.9 Å². The first kappa shape index (κ1) is 71.8. The molecule has 0 aliphatic heterocycles. The van der Waals surface area contributed by atoms with Crippen molar-refractivity contribution in [1.29, 1.82) is 0 Å². The molecule has 0 spiro atoms. The van der Waals surface area contributed by atoms with E-state index in [2.05, 4.69) is 93.7 Å². The number of unbranched alkanes of at least 4 members (excludes halogenated alkanes) is 36. The van der Waals surface area contributed by atoms with Gasteiger partial charge in [-0.15, -0.1) is 0 Å². The number of carbonyl (C=O) groups excluding carboxylic acids is 3. The molecule has 1 unspecified atom stereocenters. The third-order valence-electron chi connectivity index (χ3n) is 14.2. The molecule has 0 rings (SSSR count). The van der Waals surface area contributed by atoms with Crippen LogP contribution in [0.1, 0.15) is 329 Å². The second kappa shape index (κ2) is 63.4. The number of hydrogen-bond donors (Lipinski definition) is 0. The Morgan fingerprint density at radius 1 is 0.280 bits per heavy atom. The summed E-state index contributed by atoms with van der Waals surface area (Å²) in [6.07, 6.45) is 82.1. The average molecular weight is 1050 g/mol. The summed E-state index contributed by atoms with van der Waals surface area (Å²) in [4.78, 5) is 38.2. The minimum absolute atomic E-state index is 0.0787. The van der Waals surface area contributed by atoms with Crippen molar-refractivity contribution in [2.75, 3.05) is 13.2 Å².